The second kappa shape index (κ2) is 4.92. The molecule has 1 saturated heterocycles. The van der Waals surface area contributed by atoms with E-state index in [0.717, 1.165) is 16.7 Å². The Morgan fingerprint density at radius 3 is 2.63 bits per heavy atom. The van der Waals surface area contributed by atoms with Gasteiger partial charge in [0.05, 0.1) is 0 Å². The lowest BCUT2D eigenvalue weighted by atomic mass is 10.0. The van der Waals surface area contributed by atoms with Crippen LogP contribution in [0.3, 0.4) is 0 Å². The van der Waals surface area contributed by atoms with Crippen LogP contribution >= 0.6 is 0 Å². The minimum Gasteiger partial charge on any atom is -0.337 e. The normalized spacial score (nSPS) is 20.1. The Morgan fingerprint density at radius 2 is 2.05 bits per heavy atom. The van der Waals surface area contributed by atoms with Crippen LogP contribution in [0.15, 0.2) is 18.2 Å². The third kappa shape index (κ3) is 2.94. The van der Waals surface area contributed by atoms with E-state index in [-0.39, 0.29) is 18.9 Å². The Balaban J connectivity index is 2.17. The number of rotatable bonds is 3. The van der Waals surface area contributed by atoms with Gasteiger partial charge in [-0.1, -0.05) is 18.2 Å². The van der Waals surface area contributed by atoms with Crippen molar-refractivity contribution in [3.8, 4) is 0 Å². The molecule has 19 heavy (non-hydrogen) atoms. The van der Waals surface area contributed by atoms with Crippen LogP contribution in [0.2, 0.25) is 0 Å². The van der Waals surface area contributed by atoms with Crippen LogP contribution in [0.4, 0.5) is 3.89 Å². The molecule has 1 amide bonds. The smallest absolute Gasteiger partial charge is 0.307 e. The van der Waals surface area contributed by atoms with Crippen molar-refractivity contribution in [2.75, 3.05) is 6.54 Å². The third-order valence-corrected chi connectivity index (χ3v) is 4.77. The highest BCUT2D eigenvalue weighted by Crippen LogP contribution is 2.23. The summed E-state index contributed by atoms with van der Waals surface area (Å²) in [5.41, 5.74) is 3.14. The molecule has 4 nitrogen and oxygen atoms in total. The maximum absolute atomic E-state index is 12.9. The van der Waals surface area contributed by atoms with Gasteiger partial charge in [0.25, 0.3) is 0 Å². The number of likely N-dealkylation sites (tertiary alicyclic amines) is 1. The largest absolute Gasteiger partial charge is 0.337 e. The molecule has 0 spiro atoms. The molecule has 104 valence electrons. The summed E-state index contributed by atoms with van der Waals surface area (Å²) in [4.78, 5) is 13.1. The van der Waals surface area contributed by atoms with Crippen molar-refractivity contribution in [1.82, 2.24) is 4.90 Å². The molecule has 0 aliphatic carbocycles. The molecule has 1 heterocycles. The van der Waals surface area contributed by atoms with Gasteiger partial charge in [0.2, 0.25) is 5.91 Å². The number of carbonyl (C=O) groups excluding carboxylic acids is 1. The molecule has 0 aromatic heterocycles. The van der Waals surface area contributed by atoms with E-state index in [1.165, 1.54) is 4.90 Å². The first-order valence-corrected chi connectivity index (χ1v) is 7.50. The average molecular weight is 285 g/mol. The fourth-order valence-electron chi connectivity index (χ4n) is 2.27. The van der Waals surface area contributed by atoms with Crippen LogP contribution in [0.25, 0.3) is 0 Å². The second-order valence-electron chi connectivity index (χ2n) is 4.93. The maximum atomic E-state index is 12.9. The molecule has 2 rings (SSSR count). The lowest BCUT2D eigenvalue weighted by molar-refractivity contribution is -0.128. The lowest BCUT2D eigenvalue weighted by Gasteiger charge is -2.18. The minimum absolute atomic E-state index is 0.0644. The monoisotopic (exact) mass is 285 g/mol. The number of carbonyl (C=O) groups is 1. The molecule has 0 bridgehead atoms. The average Bonchev–Trinajstić information content (AvgIpc) is 2.67. The first-order valence-electron chi connectivity index (χ1n) is 6.05. The van der Waals surface area contributed by atoms with Crippen molar-refractivity contribution in [3.63, 3.8) is 0 Å². The number of amides is 1. The van der Waals surface area contributed by atoms with Gasteiger partial charge in [0, 0.05) is 19.5 Å². The Labute approximate surface area is 112 Å². The van der Waals surface area contributed by atoms with Gasteiger partial charge in [-0.2, -0.15) is 8.42 Å². The molecule has 1 aliphatic rings. The van der Waals surface area contributed by atoms with Crippen LogP contribution in [0.1, 0.15) is 23.1 Å². The van der Waals surface area contributed by atoms with Crippen LogP contribution in [0, 0.1) is 13.8 Å². The molecule has 0 saturated carbocycles. The molecule has 1 unspecified atom stereocenters. The van der Waals surface area contributed by atoms with Crippen molar-refractivity contribution < 1.29 is 17.1 Å². The predicted molar refractivity (Wildman–Crippen MR) is 69.8 cm³/mol. The summed E-state index contributed by atoms with van der Waals surface area (Å²) in [5, 5.41) is -1.22. The zero-order valence-corrected chi connectivity index (χ0v) is 11.7. The van der Waals surface area contributed by atoms with Gasteiger partial charge in [-0.25, -0.2) is 0 Å². The van der Waals surface area contributed by atoms with E-state index in [1.807, 2.05) is 32.0 Å². The lowest BCUT2D eigenvalue weighted by Crippen LogP contribution is -2.27. The molecule has 6 heteroatoms. The van der Waals surface area contributed by atoms with Gasteiger partial charge in [-0.3, -0.25) is 4.79 Å². The van der Waals surface area contributed by atoms with Crippen LogP contribution < -0.4 is 0 Å². The van der Waals surface area contributed by atoms with Crippen molar-refractivity contribution in [2.45, 2.75) is 32.1 Å². The Hall–Kier alpha value is -1.43. The van der Waals surface area contributed by atoms with E-state index in [9.17, 15) is 17.1 Å². The molecule has 1 aromatic carbocycles. The van der Waals surface area contributed by atoms with Gasteiger partial charge in [-0.15, -0.1) is 3.89 Å². The number of hydrogen-bond donors (Lipinski definition) is 0. The van der Waals surface area contributed by atoms with Crippen LogP contribution in [-0.2, 0) is 21.6 Å². The van der Waals surface area contributed by atoms with Crippen molar-refractivity contribution in [2.24, 2.45) is 0 Å². The highest BCUT2D eigenvalue weighted by atomic mass is 32.3. The van der Waals surface area contributed by atoms with Gasteiger partial charge in [0.1, 0.15) is 5.25 Å². The predicted octanol–water partition coefficient (Wildman–Crippen LogP) is 1.70. The second-order valence-corrected chi connectivity index (χ2v) is 6.55. The van der Waals surface area contributed by atoms with Crippen molar-refractivity contribution in [3.05, 3.63) is 34.9 Å². The Bertz CT molecular complexity index is 612. The fourth-order valence-corrected chi connectivity index (χ4v) is 2.97. The number of nitrogens with zero attached hydrogens (tertiary/aromatic N) is 1. The molecule has 1 aliphatic heterocycles. The van der Waals surface area contributed by atoms with Gasteiger partial charge in [-0.05, 0) is 30.5 Å². The maximum Gasteiger partial charge on any atom is 0.307 e. The SMILES string of the molecule is Cc1cccc(CN2CC(S(=O)(=O)F)CC2=O)c1C. The Morgan fingerprint density at radius 1 is 1.37 bits per heavy atom. The van der Waals surface area contributed by atoms with Crippen molar-refractivity contribution >= 4 is 16.1 Å². The summed E-state index contributed by atoms with van der Waals surface area (Å²) in [5.74, 6) is -0.313. The molecule has 0 radical (unpaired) electrons. The zero-order valence-electron chi connectivity index (χ0n) is 10.9. The standard InChI is InChI=1S/C13H16FNO3S/c1-9-4-3-5-11(10(9)2)7-15-8-12(6-13(15)16)19(14,17)18/h3-5,12H,6-8H2,1-2H3. The number of halogens is 1. The molecular formula is C13H16FNO3S. The topological polar surface area (TPSA) is 54.5 Å². The van der Waals surface area contributed by atoms with Crippen LogP contribution in [0.5, 0.6) is 0 Å². The van der Waals surface area contributed by atoms with E-state index >= 15 is 0 Å². The summed E-state index contributed by atoms with van der Waals surface area (Å²) in [7, 11) is -4.64. The third-order valence-electron chi connectivity index (χ3n) is 3.66. The van der Waals surface area contributed by atoms with E-state index < -0.39 is 15.5 Å². The van der Waals surface area contributed by atoms with E-state index in [4.69, 9.17) is 0 Å². The Kier molecular flexibility index (Phi) is 3.62. The van der Waals surface area contributed by atoms with E-state index in [2.05, 4.69) is 0 Å². The summed E-state index contributed by atoms with van der Waals surface area (Å²) in [6.45, 7) is 4.19. The van der Waals surface area contributed by atoms with Gasteiger partial charge in [0.15, 0.2) is 0 Å². The molecule has 1 atom stereocenters. The molecular weight excluding hydrogens is 269 g/mol. The summed E-state index contributed by atoms with van der Waals surface area (Å²) in [6.07, 6.45) is -0.260. The number of hydrogen-bond acceptors (Lipinski definition) is 3. The minimum atomic E-state index is -4.64. The van der Waals surface area contributed by atoms with E-state index in [1.54, 1.807) is 0 Å². The van der Waals surface area contributed by atoms with Gasteiger partial charge >= 0.3 is 10.2 Å². The number of benzene rings is 1. The highest BCUT2D eigenvalue weighted by molar-refractivity contribution is 7.87. The summed E-state index contributed by atoms with van der Waals surface area (Å²) >= 11 is 0. The molecule has 0 N–H and O–H groups in total. The fraction of sp³-hybridized carbons (Fsp3) is 0.462. The first kappa shape index (κ1) is 14.0. The zero-order chi connectivity index (χ0) is 14.2. The first-order chi connectivity index (χ1) is 8.79. The summed E-state index contributed by atoms with van der Waals surface area (Å²) < 4.78 is 34.6. The molecule has 1 fully saturated rings. The van der Waals surface area contributed by atoms with Crippen LogP contribution in [-0.4, -0.2) is 31.0 Å². The van der Waals surface area contributed by atoms with E-state index in [0.29, 0.717) is 6.54 Å². The number of aryl methyl sites for hydroxylation is 1. The summed E-state index contributed by atoms with van der Waals surface area (Å²) in [6, 6.07) is 5.76. The highest BCUT2D eigenvalue weighted by Gasteiger charge is 2.38. The quantitative estimate of drug-likeness (QED) is 0.794. The van der Waals surface area contributed by atoms with Crippen molar-refractivity contribution in [1.29, 1.82) is 0 Å². The molecule has 1 aromatic rings. The van der Waals surface area contributed by atoms with Gasteiger partial charge < -0.3 is 4.90 Å².